The number of halogens is 1. The predicted molar refractivity (Wildman–Crippen MR) is 92.9 cm³/mol. The molecule has 2 N–H and O–H groups in total. The van der Waals surface area contributed by atoms with Gasteiger partial charge in [-0.05, 0) is 42.3 Å². The first-order valence-corrected chi connectivity index (χ1v) is 7.77. The van der Waals surface area contributed by atoms with Crippen molar-refractivity contribution in [1.82, 2.24) is 10.3 Å². The lowest BCUT2D eigenvalue weighted by Crippen LogP contribution is -2.19. The summed E-state index contributed by atoms with van der Waals surface area (Å²) in [6.45, 7) is 3.86. The summed E-state index contributed by atoms with van der Waals surface area (Å²) in [6, 6.07) is 14.4. The fourth-order valence-corrected chi connectivity index (χ4v) is 3.15. The molecule has 0 unspecified atom stereocenters. The number of nitrogens with one attached hydrogen (secondary N) is 2. The number of hydrogen-bond donors (Lipinski definition) is 2. The lowest BCUT2D eigenvalue weighted by atomic mass is 10.0. The molecule has 3 nitrogen and oxygen atoms in total. The van der Waals surface area contributed by atoms with E-state index in [0.29, 0.717) is 0 Å². The van der Waals surface area contributed by atoms with Gasteiger partial charge in [0.15, 0.2) is 0 Å². The van der Waals surface area contributed by atoms with Crippen LogP contribution in [-0.4, -0.2) is 23.9 Å². The van der Waals surface area contributed by atoms with E-state index in [-0.39, 0.29) is 0 Å². The zero-order valence-corrected chi connectivity index (χ0v) is 13.0. The van der Waals surface area contributed by atoms with Gasteiger partial charge in [-0.3, -0.25) is 4.99 Å². The Bertz CT molecular complexity index is 875. The molecule has 1 aliphatic heterocycles. The van der Waals surface area contributed by atoms with Gasteiger partial charge in [-0.1, -0.05) is 29.8 Å². The van der Waals surface area contributed by atoms with Gasteiger partial charge in [0, 0.05) is 33.7 Å². The van der Waals surface area contributed by atoms with Crippen molar-refractivity contribution in [1.29, 1.82) is 0 Å². The molecule has 2 heterocycles. The van der Waals surface area contributed by atoms with Crippen LogP contribution in [0.4, 0.5) is 0 Å². The highest BCUT2D eigenvalue weighted by atomic mass is 35.5. The van der Waals surface area contributed by atoms with E-state index < -0.39 is 0 Å². The van der Waals surface area contributed by atoms with Crippen LogP contribution in [-0.2, 0) is 0 Å². The minimum atomic E-state index is 0.757. The van der Waals surface area contributed by atoms with Crippen molar-refractivity contribution in [3.05, 3.63) is 58.7 Å². The minimum Gasteiger partial charge on any atom is -0.368 e. The van der Waals surface area contributed by atoms with E-state index >= 15 is 0 Å². The molecule has 1 aromatic heterocycles. The molecule has 0 radical (unpaired) electrons. The predicted octanol–water partition coefficient (Wildman–Crippen LogP) is 4.15. The van der Waals surface area contributed by atoms with Crippen LogP contribution in [0, 0.1) is 6.92 Å². The third kappa shape index (κ3) is 2.18. The molecule has 4 rings (SSSR count). The summed E-state index contributed by atoms with van der Waals surface area (Å²) < 4.78 is 0. The molecule has 0 saturated heterocycles. The van der Waals surface area contributed by atoms with Crippen LogP contribution in [0.15, 0.2) is 47.5 Å². The maximum atomic E-state index is 5.98. The van der Waals surface area contributed by atoms with Gasteiger partial charge in [-0.15, -0.1) is 0 Å². The molecule has 110 valence electrons. The standard InChI is InChI=1S/C18H16ClN3/c1-11-17(18-20-8-9-21-18)15-10-13(4-7-16(15)22-11)12-2-5-14(19)6-3-12/h2-7,10,22H,8-9H2,1H3,(H,20,21). The van der Waals surface area contributed by atoms with Crippen molar-refractivity contribution < 1.29 is 0 Å². The van der Waals surface area contributed by atoms with Crippen molar-refractivity contribution in [2.75, 3.05) is 13.1 Å². The summed E-state index contributed by atoms with van der Waals surface area (Å²) >= 11 is 5.98. The van der Waals surface area contributed by atoms with E-state index in [4.69, 9.17) is 11.6 Å². The number of aryl methyl sites for hydroxylation is 1. The zero-order valence-electron chi connectivity index (χ0n) is 12.3. The van der Waals surface area contributed by atoms with Crippen molar-refractivity contribution in [3.63, 3.8) is 0 Å². The smallest absolute Gasteiger partial charge is 0.130 e. The topological polar surface area (TPSA) is 40.2 Å². The van der Waals surface area contributed by atoms with Gasteiger partial charge in [0.2, 0.25) is 0 Å². The first-order chi connectivity index (χ1) is 10.7. The molecule has 0 fully saturated rings. The molecule has 1 aliphatic rings. The number of aliphatic imine (C=N–C) groups is 1. The minimum absolute atomic E-state index is 0.757. The third-order valence-electron chi connectivity index (χ3n) is 4.07. The van der Waals surface area contributed by atoms with Crippen LogP contribution < -0.4 is 5.32 Å². The van der Waals surface area contributed by atoms with Crippen LogP contribution in [0.5, 0.6) is 0 Å². The maximum absolute atomic E-state index is 5.98. The van der Waals surface area contributed by atoms with Crippen molar-refractivity contribution >= 4 is 28.3 Å². The Balaban J connectivity index is 1.89. The highest BCUT2D eigenvalue weighted by molar-refractivity contribution is 6.30. The SMILES string of the molecule is Cc1[nH]c2ccc(-c3ccc(Cl)cc3)cc2c1C1=NCCN1. The molecule has 0 atom stereocenters. The van der Waals surface area contributed by atoms with Crippen LogP contribution in [0.2, 0.25) is 5.02 Å². The number of amidine groups is 1. The largest absolute Gasteiger partial charge is 0.368 e. The van der Waals surface area contributed by atoms with E-state index in [0.717, 1.165) is 40.7 Å². The summed E-state index contributed by atoms with van der Waals surface area (Å²) in [5, 5.41) is 5.33. The second-order valence-electron chi connectivity index (χ2n) is 5.55. The number of benzene rings is 2. The first kappa shape index (κ1) is 13.4. The van der Waals surface area contributed by atoms with Crippen LogP contribution in [0.25, 0.3) is 22.0 Å². The molecule has 0 spiro atoms. The van der Waals surface area contributed by atoms with E-state index in [1.54, 1.807) is 0 Å². The molecule has 3 aromatic rings. The molecule has 22 heavy (non-hydrogen) atoms. The van der Waals surface area contributed by atoms with Crippen molar-refractivity contribution in [2.45, 2.75) is 6.92 Å². The maximum Gasteiger partial charge on any atom is 0.130 e. The Kier molecular flexibility index (Phi) is 3.16. The summed E-state index contributed by atoms with van der Waals surface area (Å²) in [6.07, 6.45) is 0. The summed E-state index contributed by atoms with van der Waals surface area (Å²) in [7, 11) is 0. The van der Waals surface area contributed by atoms with Gasteiger partial charge >= 0.3 is 0 Å². The summed E-state index contributed by atoms with van der Waals surface area (Å²) in [5.41, 5.74) is 5.82. The highest BCUT2D eigenvalue weighted by Gasteiger charge is 2.17. The second-order valence-corrected chi connectivity index (χ2v) is 5.99. The Morgan fingerprint density at radius 3 is 2.55 bits per heavy atom. The molecular formula is C18H16ClN3. The number of aromatic nitrogens is 1. The van der Waals surface area contributed by atoms with Gasteiger partial charge in [-0.25, -0.2) is 0 Å². The first-order valence-electron chi connectivity index (χ1n) is 7.39. The van der Waals surface area contributed by atoms with Gasteiger partial charge in [0.05, 0.1) is 6.54 Å². The van der Waals surface area contributed by atoms with E-state index in [1.165, 1.54) is 16.5 Å². The van der Waals surface area contributed by atoms with E-state index in [9.17, 15) is 0 Å². The lowest BCUT2D eigenvalue weighted by Gasteiger charge is -2.05. The van der Waals surface area contributed by atoms with Crippen LogP contribution in [0.3, 0.4) is 0 Å². The quantitative estimate of drug-likeness (QED) is 0.733. The van der Waals surface area contributed by atoms with Gasteiger partial charge in [0.25, 0.3) is 0 Å². The number of aromatic amines is 1. The molecular weight excluding hydrogens is 294 g/mol. The molecule has 0 aliphatic carbocycles. The fourth-order valence-electron chi connectivity index (χ4n) is 3.02. The monoisotopic (exact) mass is 309 g/mol. The number of hydrogen-bond acceptors (Lipinski definition) is 2. The Hall–Kier alpha value is -2.26. The fraction of sp³-hybridized carbons (Fsp3) is 0.167. The normalized spacial score (nSPS) is 14.2. The molecule has 0 saturated carbocycles. The van der Waals surface area contributed by atoms with Gasteiger partial charge in [0.1, 0.15) is 5.84 Å². The van der Waals surface area contributed by atoms with Crippen LogP contribution >= 0.6 is 11.6 Å². The molecule has 0 amide bonds. The second kappa shape index (κ2) is 5.18. The number of nitrogens with zero attached hydrogens (tertiary/aromatic N) is 1. The van der Waals surface area contributed by atoms with Gasteiger partial charge in [-0.2, -0.15) is 0 Å². The number of rotatable bonds is 2. The summed E-state index contributed by atoms with van der Waals surface area (Å²) in [5.74, 6) is 0.997. The number of H-pyrrole nitrogens is 1. The third-order valence-corrected chi connectivity index (χ3v) is 4.33. The zero-order chi connectivity index (χ0) is 15.1. The molecule has 0 bridgehead atoms. The Labute approximate surface area is 134 Å². The van der Waals surface area contributed by atoms with Crippen molar-refractivity contribution in [2.24, 2.45) is 4.99 Å². The number of fused-ring (bicyclic) bond motifs is 1. The Morgan fingerprint density at radius 1 is 1.05 bits per heavy atom. The van der Waals surface area contributed by atoms with E-state index in [2.05, 4.69) is 40.4 Å². The summed E-state index contributed by atoms with van der Waals surface area (Å²) in [4.78, 5) is 8.02. The average molecular weight is 310 g/mol. The highest BCUT2D eigenvalue weighted by Crippen LogP contribution is 2.29. The Morgan fingerprint density at radius 2 is 1.82 bits per heavy atom. The van der Waals surface area contributed by atoms with Gasteiger partial charge < -0.3 is 10.3 Å². The average Bonchev–Trinajstić information content (AvgIpc) is 3.13. The van der Waals surface area contributed by atoms with Crippen LogP contribution in [0.1, 0.15) is 11.3 Å². The van der Waals surface area contributed by atoms with E-state index in [1.807, 2.05) is 24.3 Å². The van der Waals surface area contributed by atoms with Crippen molar-refractivity contribution in [3.8, 4) is 11.1 Å². The molecule has 4 heteroatoms. The lowest BCUT2D eigenvalue weighted by molar-refractivity contribution is 0.960. The molecule has 2 aromatic carbocycles.